The van der Waals surface area contributed by atoms with Gasteiger partial charge in [-0.3, -0.25) is 4.90 Å². The summed E-state index contributed by atoms with van der Waals surface area (Å²) in [5.41, 5.74) is 11.7. The standard InChI is InChI=1S/C23H31N3/c24-13-5-6-14-25-15-17-26(18-16-25)23-21-9-3-1-7-19(21)11-12-20-8-2-4-10-22(20)23/h1-4,7-10,23H,5-6,11-18,24H2. The van der Waals surface area contributed by atoms with Gasteiger partial charge in [-0.2, -0.15) is 0 Å². The monoisotopic (exact) mass is 349 g/mol. The highest BCUT2D eigenvalue weighted by atomic mass is 15.3. The highest BCUT2D eigenvalue weighted by molar-refractivity contribution is 5.44. The van der Waals surface area contributed by atoms with Gasteiger partial charge in [0.2, 0.25) is 0 Å². The Morgan fingerprint density at radius 1 is 0.769 bits per heavy atom. The van der Waals surface area contributed by atoms with Gasteiger partial charge in [0.1, 0.15) is 0 Å². The topological polar surface area (TPSA) is 32.5 Å². The zero-order valence-electron chi connectivity index (χ0n) is 15.7. The van der Waals surface area contributed by atoms with Crippen LogP contribution in [0.25, 0.3) is 0 Å². The molecule has 2 aromatic carbocycles. The third-order valence-electron chi connectivity index (χ3n) is 6.06. The van der Waals surface area contributed by atoms with Crippen LogP contribution < -0.4 is 5.73 Å². The van der Waals surface area contributed by atoms with E-state index in [4.69, 9.17) is 5.73 Å². The molecular weight excluding hydrogens is 318 g/mol. The summed E-state index contributed by atoms with van der Waals surface area (Å²) < 4.78 is 0. The molecule has 0 radical (unpaired) electrons. The maximum absolute atomic E-state index is 5.64. The third kappa shape index (κ3) is 3.71. The van der Waals surface area contributed by atoms with Gasteiger partial charge in [-0.1, -0.05) is 48.5 Å². The van der Waals surface area contributed by atoms with Gasteiger partial charge < -0.3 is 10.6 Å². The van der Waals surface area contributed by atoms with Crippen LogP contribution in [0.3, 0.4) is 0 Å². The van der Waals surface area contributed by atoms with Crippen molar-refractivity contribution in [2.75, 3.05) is 39.3 Å². The molecule has 1 heterocycles. The second-order valence-corrected chi connectivity index (χ2v) is 7.67. The van der Waals surface area contributed by atoms with Crippen LogP contribution in [-0.2, 0) is 12.8 Å². The summed E-state index contributed by atoms with van der Waals surface area (Å²) in [6, 6.07) is 18.6. The van der Waals surface area contributed by atoms with Gasteiger partial charge in [0.15, 0.2) is 0 Å². The molecule has 3 nitrogen and oxygen atoms in total. The molecule has 1 aliphatic heterocycles. The Morgan fingerprint density at radius 2 is 1.35 bits per heavy atom. The van der Waals surface area contributed by atoms with E-state index in [2.05, 4.69) is 58.3 Å². The number of nitrogens with zero attached hydrogens (tertiary/aromatic N) is 2. The largest absolute Gasteiger partial charge is 0.330 e. The fraction of sp³-hybridized carbons (Fsp3) is 0.478. The lowest BCUT2D eigenvalue weighted by Crippen LogP contribution is -2.48. The maximum atomic E-state index is 5.64. The molecule has 26 heavy (non-hydrogen) atoms. The molecule has 1 saturated heterocycles. The van der Waals surface area contributed by atoms with Crippen molar-refractivity contribution >= 4 is 0 Å². The number of unbranched alkanes of at least 4 members (excludes halogenated alkanes) is 1. The fourth-order valence-electron chi connectivity index (χ4n) is 4.61. The zero-order valence-corrected chi connectivity index (χ0v) is 15.7. The minimum atomic E-state index is 0.413. The summed E-state index contributed by atoms with van der Waals surface area (Å²) in [6.45, 7) is 6.65. The molecule has 138 valence electrons. The summed E-state index contributed by atoms with van der Waals surface area (Å²) in [4.78, 5) is 5.32. The van der Waals surface area contributed by atoms with Gasteiger partial charge in [0.05, 0.1) is 6.04 Å². The van der Waals surface area contributed by atoms with Crippen LogP contribution in [-0.4, -0.2) is 49.1 Å². The van der Waals surface area contributed by atoms with E-state index in [1.807, 2.05) is 0 Å². The molecule has 0 saturated carbocycles. The van der Waals surface area contributed by atoms with Gasteiger partial charge >= 0.3 is 0 Å². The van der Waals surface area contributed by atoms with E-state index < -0.39 is 0 Å². The lowest BCUT2D eigenvalue weighted by molar-refractivity contribution is 0.108. The molecule has 0 atom stereocenters. The molecule has 0 unspecified atom stereocenters. The number of hydrogen-bond acceptors (Lipinski definition) is 3. The first-order valence-electron chi connectivity index (χ1n) is 10.2. The molecule has 2 aromatic rings. The number of hydrogen-bond donors (Lipinski definition) is 1. The average molecular weight is 350 g/mol. The van der Waals surface area contributed by atoms with E-state index in [1.54, 1.807) is 0 Å². The second-order valence-electron chi connectivity index (χ2n) is 7.67. The molecule has 3 heteroatoms. The van der Waals surface area contributed by atoms with Crippen molar-refractivity contribution in [3.8, 4) is 0 Å². The molecule has 0 amide bonds. The fourth-order valence-corrected chi connectivity index (χ4v) is 4.61. The first kappa shape index (κ1) is 17.7. The van der Waals surface area contributed by atoms with Crippen LogP contribution in [0.2, 0.25) is 0 Å². The van der Waals surface area contributed by atoms with Gasteiger partial charge in [-0.05, 0) is 61.0 Å². The van der Waals surface area contributed by atoms with Crippen LogP contribution in [0.1, 0.15) is 41.1 Å². The molecule has 4 rings (SSSR count). The van der Waals surface area contributed by atoms with E-state index in [0.29, 0.717) is 6.04 Å². The van der Waals surface area contributed by atoms with Gasteiger partial charge in [-0.15, -0.1) is 0 Å². The molecule has 1 fully saturated rings. The predicted octanol–water partition coefficient (Wildman–Crippen LogP) is 3.23. The minimum absolute atomic E-state index is 0.413. The number of nitrogens with two attached hydrogens (primary N) is 1. The molecule has 2 N–H and O–H groups in total. The first-order chi connectivity index (χ1) is 12.9. The third-order valence-corrected chi connectivity index (χ3v) is 6.06. The normalized spacial score (nSPS) is 19.0. The van der Waals surface area contributed by atoms with E-state index in [1.165, 1.54) is 48.3 Å². The maximum Gasteiger partial charge on any atom is 0.0608 e. The highest BCUT2D eigenvalue weighted by Gasteiger charge is 2.30. The summed E-state index contributed by atoms with van der Waals surface area (Å²) in [6.07, 6.45) is 4.68. The van der Waals surface area contributed by atoms with Crippen LogP contribution in [0.4, 0.5) is 0 Å². The Morgan fingerprint density at radius 3 is 1.92 bits per heavy atom. The predicted molar refractivity (Wildman–Crippen MR) is 108 cm³/mol. The number of rotatable bonds is 5. The lowest BCUT2D eigenvalue weighted by Gasteiger charge is -2.40. The summed E-state index contributed by atoms with van der Waals surface area (Å²) in [5.74, 6) is 0. The molecule has 0 bridgehead atoms. The Balaban J connectivity index is 1.56. The Hall–Kier alpha value is -1.68. The van der Waals surface area contributed by atoms with E-state index in [9.17, 15) is 0 Å². The van der Waals surface area contributed by atoms with Gasteiger partial charge in [-0.25, -0.2) is 0 Å². The Kier molecular flexibility index (Phi) is 5.68. The second kappa shape index (κ2) is 8.34. The van der Waals surface area contributed by atoms with Crippen molar-refractivity contribution in [2.45, 2.75) is 31.7 Å². The lowest BCUT2D eigenvalue weighted by atomic mass is 9.92. The van der Waals surface area contributed by atoms with Crippen LogP contribution in [0.5, 0.6) is 0 Å². The quantitative estimate of drug-likeness (QED) is 0.841. The van der Waals surface area contributed by atoms with Crippen molar-refractivity contribution < 1.29 is 0 Å². The Labute approximate surface area is 157 Å². The molecule has 0 spiro atoms. The van der Waals surface area contributed by atoms with E-state index >= 15 is 0 Å². The van der Waals surface area contributed by atoms with Crippen LogP contribution in [0.15, 0.2) is 48.5 Å². The molecule has 0 aromatic heterocycles. The van der Waals surface area contributed by atoms with E-state index in [0.717, 1.165) is 38.9 Å². The Bertz CT molecular complexity index is 671. The van der Waals surface area contributed by atoms with E-state index in [-0.39, 0.29) is 0 Å². The first-order valence-corrected chi connectivity index (χ1v) is 10.2. The summed E-state index contributed by atoms with van der Waals surface area (Å²) >= 11 is 0. The molecule has 2 aliphatic rings. The van der Waals surface area contributed by atoms with Crippen LogP contribution in [0, 0.1) is 0 Å². The SMILES string of the molecule is NCCCCN1CCN(C2c3ccccc3CCc3ccccc32)CC1. The molecular formula is C23H31N3. The van der Waals surface area contributed by atoms with Crippen molar-refractivity contribution in [1.29, 1.82) is 0 Å². The summed E-state index contributed by atoms with van der Waals surface area (Å²) in [5, 5.41) is 0. The van der Waals surface area contributed by atoms with Gasteiger partial charge in [0.25, 0.3) is 0 Å². The molecule has 1 aliphatic carbocycles. The number of benzene rings is 2. The smallest absolute Gasteiger partial charge is 0.0608 e. The van der Waals surface area contributed by atoms with Crippen molar-refractivity contribution in [3.63, 3.8) is 0 Å². The number of fused-ring (bicyclic) bond motifs is 2. The van der Waals surface area contributed by atoms with Crippen molar-refractivity contribution in [1.82, 2.24) is 9.80 Å². The van der Waals surface area contributed by atoms with Crippen molar-refractivity contribution in [2.24, 2.45) is 5.73 Å². The zero-order chi connectivity index (χ0) is 17.8. The number of piperazine rings is 1. The number of aryl methyl sites for hydroxylation is 2. The van der Waals surface area contributed by atoms with Crippen LogP contribution >= 0.6 is 0 Å². The highest BCUT2D eigenvalue weighted by Crippen LogP contribution is 2.37. The van der Waals surface area contributed by atoms with Gasteiger partial charge in [0, 0.05) is 26.2 Å². The minimum Gasteiger partial charge on any atom is -0.330 e. The van der Waals surface area contributed by atoms with Crippen molar-refractivity contribution in [3.05, 3.63) is 70.8 Å². The average Bonchev–Trinajstić information content (AvgIpc) is 2.86. The summed E-state index contributed by atoms with van der Waals surface area (Å²) in [7, 11) is 0.